The molecule has 0 bridgehead atoms. The van der Waals surface area contributed by atoms with Crippen LogP contribution in [0.1, 0.15) is 37.8 Å². The molecule has 0 aliphatic carbocycles. The summed E-state index contributed by atoms with van der Waals surface area (Å²) in [5.41, 5.74) is 0.567. The summed E-state index contributed by atoms with van der Waals surface area (Å²) in [4.78, 5) is 14.5. The Morgan fingerprint density at radius 2 is 2.00 bits per heavy atom. The number of rotatable bonds is 5. The molecule has 0 spiro atoms. The summed E-state index contributed by atoms with van der Waals surface area (Å²) in [7, 11) is -4.02. The number of hydrogen-bond acceptors (Lipinski definition) is 5. The van der Waals surface area contributed by atoms with Gasteiger partial charge in [0.15, 0.2) is 0 Å². The van der Waals surface area contributed by atoms with Gasteiger partial charge in [-0.2, -0.15) is 4.31 Å². The topological polar surface area (TPSA) is 79.0 Å². The molecule has 2 heterocycles. The van der Waals surface area contributed by atoms with Crippen LogP contribution in [0.5, 0.6) is 0 Å². The number of benzene rings is 2. The summed E-state index contributed by atoms with van der Waals surface area (Å²) in [6, 6.07) is 10.9. The number of nitrogens with zero attached hydrogens (tertiary/aromatic N) is 2. The predicted molar refractivity (Wildman–Crippen MR) is 128 cm³/mol. The molecule has 1 N–H and O–H groups in total. The van der Waals surface area contributed by atoms with Crippen molar-refractivity contribution in [2.75, 3.05) is 26.2 Å². The molecule has 3 atom stereocenters. The molecule has 2 fully saturated rings. The van der Waals surface area contributed by atoms with Gasteiger partial charge in [-0.05, 0) is 62.1 Å². The Labute approximate surface area is 204 Å². The van der Waals surface area contributed by atoms with Gasteiger partial charge in [0.25, 0.3) is 0 Å². The Morgan fingerprint density at radius 3 is 2.74 bits per heavy atom. The van der Waals surface area contributed by atoms with E-state index in [0.29, 0.717) is 43.1 Å². The molecule has 0 unspecified atom stereocenters. The van der Waals surface area contributed by atoms with Gasteiger partial charge in [0.1, 0.15) is 12.4 Å². The monoisotopic (exact) mass is 509 g/mol. The second-order valence-electron chi connectivity index (χ2n) is 8.77. The van der Waals surface area contributed by atoms with E-state index >= 15 is 0 Å². The molecule has 2 aromatic carbocycles. The number of nitrogens with one attached hydrogen (secondary N) is 1. The molecule has 1 amide bonds. The second kappa shape index (κ2) is 10.6. The smallest absolute Gasteiger partial charge is 0.410 e. The van der Waals surface area contributed by atoms with Gasteiger partial charge in [0.05, 0.1) is 17.0 Å². The molecule has 2 saturated heterocycles. The fraction of sp³-hybridized carbons (Fsp3) is 0.458. The van der Waals surface area contributed by atoms with E-state index in [0.717, 1.165) is 6.42 Å². The van der Waals surface area contributed by atoms with Crippen molar-refractivity contribution in [1.82, 2.24) is 14.5 Å². The van der Waals surface area contributed by atoms with Crippen LogP contribution < -0.4 is 5.32 Å². The highest BCUT2D eigenvalue weighted by molar-refractivity contribution is 7.89. The zero-order valence-corrected chi connectivity index (χ0v) is 20.6. The van der Waals surface area contributed by atoms with Crippen LogP contribution >= 0.6 is 11.6 Å². The fourth-order valence-electron chi connectivity index (χ4n) is 4.72. The van der Waals surface area contributed by atoms with Crippen molar-refractivity contribution in [3.8, 4) is 0 Å². The minimum atomic E-state index is -4.02. The van der Waals surface area contributed by atoms with Gasteiger partial charge in [-0.1, -0.05) is 29.8 Å². The highest BCUT2D eigenvalue weighted by Gasteiger charge is 2.41. The SMILES string of the molecule is C[C@@H]1CNCCN1C(=O)OC[C@H]1CCC[C@@H](c2cccc(F)c2)N1S(=O)(=O)c1cccc(Cl)c1. The molecule has 2 aliphatic heterocycles. The van der Waals surface area contributed by atoms with Gasteiger partial charge >= 0.3 is 6.09 Å². The molecule has 184 valence electrons. The Morgan fingerprint density at radius 1 is 1.21 bits per heavy atom. The Bertz CT molecular complexity index is 1130. The number of hydrogen-bond donors (Lipinski definition) is 1. The van der Waals surface area contributed by atoms with E-state index in [4.69, 9.17) is 16.3 Å². The average molecular weight is 510 g/mol. The standard InChI is InChI=1S/C24H29ClFN3O4S/c1-17-15-27-11-12-28(17)24(30)33-16-21-8-4-10-23(18-5-2-7-20(26)13-18)29(21)34(31,32)22-9-3-6-19(25)14-22/h2-3,5-7,9,13-14,17,21,23,27H,4,8,10-12,15-16H2,1H3/t17-,21-,23+/m1/s1. The van der Waals surface area contributed by atoms with Crippen molar-refractivity contribution in [3.05, 3.63) is 64.9 Å². The lowest BCUT2D eigenvalue weighted by molar-refractivity contribution is 0.0500. The van der Waals surface area contributed by atoms with Crippen LogP contribution in [0.25, 0.3) is 0 Å². The van der Waals surface area contributed by atoms with Gasteiger partial charge in [0.2, 0.25) is 10.0 Å². The first-order valence-corrected chi connectivity index (χ1v) is 13.3. The van der Waals surface area contributed by atoms with E-state index in [1.54, 1.807) is 29.2 Å². The van der Waals surface area contributed by atoms with E-state index in [9.17, 15) is 17.6 Å². The molecule has 7 nitrogen and oxygen atoms in total. The average Bonchev–Trinajstić information content (AvgIpc) is 2.82. The third-order valence-electron chi connectivity index (χ3n) is 6.42. The molecule has 0 aromatic heterocycles. The third-order valence-corrected chi connectivity index (χ3v) is 8.61. The van der Waals surface area contributed by atoms with Crippen LogP contribution in [-0.4, -0.2) is 62.0 Å². The Kier molecular flexibility index (Phi) is 7.77. The van der Waals surface area contributed by atoms with Crippen molar-refractivity contribution in [2.24, 2.45) is 0 Å². The van der Waals surface area contributed by atoms with E-state index in [1.807, 2.05) is 6.92 Å². The fourth-order valence-corrected chi connectivity index (χ4v) is 6.86. The molecule has 0 saturated carbocycles. The van der Waals surface area contributed by atoms with Crippen molar-refractivity contribution in [3.63, 3.8) is 0 Å². The number of piperidine rings is 1. The molecule has 2 aromatic rings. The summed E-state index contributed by atoms with van der Waals surface area (Å²) in [6.07, 6.45) is 1.31. The first-order valence-electron chi connectivity index (χ1n) is 11.5. The molecule has 10 heteroatoms. The molecule has 0 radical (unpaired) electrons. The number of sulfonamides is 1. The molecule has 34 heavy (non-hydrogen) atoms. The summed E-state index contributed by atoms with van der Waals surface area (Å²) in [5.74, 6) is -0.432. The lowest BCUT2D eigenvalue weighted by Crippen LogP contribution is -2.53. The largest absolute Gasteiger partial charge is 0.448 e. The zero-order valence-electron chi connectivity index (χ0n) is 19.0. The van der Waals surface area contributed by atoms with Crippen LogP contribution in [0.15, 0.2) is 53.4 Å². The first kappa shape index (κ1) is 24.9. The second-order valence-corrected chi connectivity index (χ2v) is 11.1. The predicted octanol–water partition coefficient (Wildman–Crippen LogP) is 4.19. The number of halogens is 2. The first-order chi connectivity index (χ1) is 16.3. The summed E-state index contributed by atoms with van der Waals surface area (Å²) < 4.78 is 48.7. The lowest BCUT2D eigenvalue weighted by atomic mass is 9.93. The Balaban J connectivity index is 1.64. The van der Waals surface area contributed by atoms with E-state index in [-0.39, 0.29) is 17.5 Å². The highest BCUT2D eigenvalue weighted by atomic mass is 35.5. The number of ether oxygens (including phenoxy) is 1. The van der Waals surface area contributed by atoms with Crippen LogP contribution in [0, 0.1) is 5.82 Å². The molecule has 2 aliphatic rings. The molecular formula is C24H29ClFN3O4S. The summed E-state index contributed by atoms with van der Waals surface area (Å²) in [6.45, 7) is 3.74. The van der Waals surface area contributed by atoms with Gasteiger partial charge in [-0.15, -0.1) is 0 Å². The van der Waals surface area contributed by atoms with Crippen molar-refractivity contribution in [2.45, 2.75) is 49.2 Å². The zero-order chi connectivity index (χ0) is 24.3. The van der Waals surface area contributed by atoms with Gasteiger partial charge in [-0.3, -0.25) is 0 Å². The maximum Gasteiger partial charge on any atom is 0.410 e. The van der Waals surface area contributed by atoms with Crippen LogP contribution in [-0.2, 0) is 14.8 Å². The van der Waals surface area contributed by atoms with Crippen molar-refractivity contribution >= 4 is 27.7 Å². The molecule has 4 rings (SSSR count). The number of amides is 1. The highest BCUT2D eigenvalue weighted by Crippen LogP contribution is 2.39. The normalized spacial score (nSPS) is 24.1. The number of carbonyl (C=O) groups excluding carboxylic acids is 1. The van der Waals surface area contributed by atoms with E-state index in [1.165, 1.54) is 28.6 Å². The number of piperazine rings is 1. The van der Waals surface area contributed by atoms with E-state index < -0.39 is 34.0 Å². The van der Waals surface area contributed by atoms with Crippen molar-refractivity contribution < 1.29 is 22.3 Å². The van der Waals surface area contributed by atoms with E-state index in [2.05, 4.69) is 5.32 Å². The third kappa shape index (κ3) is 5.38. The van der Waals surface area contributed by atoms with Gasteiger partial charge in [-0.25, -0.2) is 17.6 Å². The summed E-state index contributed by atoms with van der Waals surface area (Å²) in [5, 5.41) is 3.53. The number of carbonyl (C=O) groups is 1. The molecular weight excluding hydrogens is 481 g/mol. The maximum absolute atomic E-state index is 14.0. The lowest BCUT2D eigenvalue weighted by Gasteiger charge is -2.41. The maximum atomic E-state index is 14.0. The minimum Gasteiger partial charge on any atom is -0.448 e. The van der Waals surface area contributed by atoms with Crippen LogP contribution in [0.3, 0.4) is 0 Å². The minimum absolute atomic E-state index is 0.0149. The van der Waals surface area contributed by atoms with Crippen LogP contribution in [0.4, 0.5) is 9.18 Å². The van der Waals surface area contributed by atoms with Gasteiger partial charge < -0.3 is 15.0 Å². The van der Waals surface area contributed by atoms with Crippen molar-refractivity contribution in [1.29, 1.82) is 0 Å². The Hall–Kier alpha value is -2.20. The van der Waals surface area contributed by atoms with Gasteiger partial charge in [0, 0.05) is 30.7 Å². The summed E-state index contributed by atoms with van der Waals surface area (Å²) >= 11 is 6.09. The van der Waals surface area contributed by atoms with Crippen LogP contribution in [0.2, 0.25) is 5.02 Å². The quantitative estimate of drug-likeness (QED) is 0.653.